The van der Waals surface area contributed by atoms with Crippen molar-refractivity contribution in [3.63, 3.8) is 0 Å². The van der Waals surface area contributed by atoms with E-state index in [0.717, 1.165) is 0 Å². The van der Waals surface area contributed by atoms with Crippen LogP contribution >= 0.6 is 0 Å². The third kappa shape index (κ3) is 3.44. The fraction of sp³-hybridized carbons (Fsp3) is 0.444. The van der Waals surface area contributed by atoms with Gasteiger partial charge in [0.1, 0.15) is 0 Å². The average molecular weight is 309 g/mol. The number of hydrogen-bond donors (Lipinski definition) is 0. The van der Waals surface area contributed by atoms with Crippen molar-refractivity contribution in [2.45, 2.75) is 38.1 Å². The maximum absolute atomic E-state index is 2.68. The number of rotatable bonds is 5. The zero-order chi connectivity index (χ0) is 13.1. The molecule has 1 heterocycles. The minimum Gasteiger partial charge on any atom is -0.748 e. The molecule has 20 heavy (non-hydrogen) atoms. The van der Waals surface area contributed by atoms with Gasteiger partial charge in [0.15, 0.2) is 0 Å². The predicted octanol–water partition coefficient (Wildman–Crippen LogP) is 4.45. The van der Waals surface area contributed by atoms with E-state index in [4.69, 9.17) is 0 Å². The van der Waals surface area contributed by atoms with E-state index in [9.17, 15) is 0 Å². The summed E-state index contributed by atoms with van der Waals surface area (Å²) in [5, 5.41) is 0. The van der Waals surface area contributed by atoms with Crippen molar-refractivity contribution in [3.8, 4) is 0 Å². The van der Waals surface area contributed by atoms with Gasteiger partial charge < -0.3 is 34.7 Å². The maximum atomic E-state index is 2.68. The van der Waals surface area contributed by atoms with E-state index < -0.39 is 0 Å². The Morgan fingerprint density at radius 1 is 1.10 bits per heavy atom. The van der Waals surface area contributed by atoms with Gasteiger partial charge in [-0.3, -0.25) is 0 Å². The van der Waals surface area contributed by atoms with Gasteiger partial charge >= 0.3 is 0 Å². The van der Waals surface area contributed by atoms with Crippen LogP contribution in [0.4, 0.5) is 0 Å². The van der Waals surface area contributed by atoms with E-state index in [2.05, 4.69) is 60.4 Å². The molecular formula is C18H23FeN-6. The second-order valence-electron chi connectivity index (χ2n) is 5.83. The molecule has 114 valence electrons. The summed E-state index contributed by atoms with van der Waals surface area (Å²) in [6, 6.07) is 18.4. The molecule has 1 aliphatic rings. The van der Waals surface area contributed by atoms with Crippen LogP contribution in [0.2, 0.25) is 0 Å². The molecule has 2 unspecified atom stereocenters. The molecule has 0 radical (unpaired) electrons. The van der Waals surface area contributed by atoms with Crippen LogP contribution in [-0.4, -0.2) is 18.0 Å². The third-order valence-electron chi connectivity index (χ3n) is 4.49. The van der Waals surface area contributed by atoms with Crippen LogP contribution in [0.25, 0.3) is 0 Å². The van der Waals surface area contributed by atoms with E-state index in [1.165, 1.54) is 43.5 Å². The molecule has 0 N–H and O–H groups in total. The Labute approximate surface area is 133 Å². The molecule has 1 aliphatic heterocycles. The van der Waals surface area contributed by atoms with Crippen LogP contribution in [0.1, 0.15) is 49.3 Å². The first-order chi connectivity index (χ1) is 9.34. The molecule has 0 aromatic heterocycles. The third-order valence-corrected chi connectivity index (χ3v) is 4.49. The Hall–Kier alpha value is -0.821. The van der Waals surface area contributed by atoms with Crippen LogP contribution < -0.4 is 0 Å². The van der Waals surface area contributed by atoms with Crippen LogP contribution in [0.15, 0.2) is 48.5 Å². The van der Waals surface area contributed by atoms with Crippen molar-refractivity contribution in [2.75, 3.05) is 13.1 Å². The largest absolute Gasteiger partial charge is 0.748 e. The number of hydrogen-bond acceptors (Lipinski definition) is 1. The Kier molecular flexibility index (Phi) is 5.65. The summed E-state index contributed by atoms with van der Waals surface area (Å²) in [6.45, 7) is 4.90. The van der Waals surface area contributed by atoms with Crippen molar-refractivity contribution in [3.05, 3.63) is 59.7 Å². The second-order valence-corrected chi connectivity index (χ2v) is 5.83. The van der Waals surface area contributed by atoms with E-state index in [-0.39, 0.29) is 17.1 Å². The molecule has 0 bridgehead atoms. The van der Waals surface area contributed by atoms with E-state index in [1.54, 1.807) is 0 Å². The zero-order valence-electron chi connectivity index (χ0n) is 12.1. The van der Waals surface area contributed by atoms with E-state index in [1.807, 2.05) is 0 Å². The average Bonchev–Trinajstić information content (AvgIpc) is 3.17. The molecule has 3 rings (SSSR count). The van der Waals surface area contributed by atoms with Gasteiger partial charge in [0.25, 0.3) is 0 Å². The minimum absolute atomic E-state index is 0. The number of nitrogens with zero attached hydrogens (tertiary/aromatic N) is 1. The van der Waals surface area contributed by atoms with Crippen molar-refractivity contribution in [1.29, 1.82) is 0 Å². The van der Waals surface area contributed by atoms with Crippen molar-refractivity contribution < 1.29 is 17.1 Å². The fourth-order valence-corrected chi connectivity index (χ4v) is 3.35. The van der Waals surface area contributed by atoms with Gasteiger partial charge in [0.2, 0.25) is 0 Å². The minimum atomic E-state index is 0. The van der Waals surface area contributed by atoms with Gasteiger partial charge in [0, 0.05) is 17.1 Å². The van der Waals surface area contributed by atoms with Crippen LogP contribution in [-0.2, 0) is 17.1 Å². The first kappa shape index (κ1) is 15.6. The molecule has 0 spiro atoms. The quantitative estimate of drug-likeness (QED) is 0.582. The standard InChI is InChI=1S/C18H23N.Fe/c1-15(16-8-2-3-9-16)14-18(17-10-4-5-11-17)19-12-6-7-13-19;/h2-5,8-11,15,18H,6-7,12-14H2,1H3;/q-6;. The monoisotopic (exact) mass is 309 g/mol. The van der Waals surface area contributed by atoms with Crippen LogP contribution in [0, 0.1) is 0 Å². The van der Waals surface area contributed by atoms with Gasteiger partial charge in [-0.05, 0) is 25.9 Å². The SMILES string of the molecule is CC(CC([c-]1[cH-][cH-][cH-][cH-]1)N1CCCC1)[c-]1cccc1.[Fe]. The van der Waals surface area contributed by atoms with Gasteiger partial charge in [-0.15, -0.1) is 0 Å². The summed E-state index contributed by atoms with van der Waals surface area (Å²) in [6.07, 6.45) is 3.96. The summed E-state index contributed by atoms with van der Waals surface area (Å²) in [5.74, 6) is 0.635. The Balaban J connectivity index is 0.00000147. The van der Waals surface area contributed by atoms with Crippen LogP contribution in [0.3, 0.4) is 0 Å². The molecule has 2 atom stereocenters. The maximum Gasteiger partial charge on any atom is 0 e. The molecule has 1 nitrogen and oxygen atoms in total. The summed E-state index contributed by atoms with van der Waals surface area (Å²) in [5.41, 5.74) is 2.98. The molecule has 0 aliphatic carbocycles. The van der Waals surface area contributed by atoms with Crippen molar-refractivity contribution in [1.82, 2.24) is 4.90 Å². The molecule has 2 heteroatoms. The zero-order valence-corrected chi connectivity index (χ0v) is 13.2. The van der Waals surface area contributed by atoms with E-state index >= 15 is 0 Å². The summed E-state index contributed by atoms with van der Waals surface area (Å²) < 4.78 is 0. The molecular weight excluding hydrogens is 286 g/mol. The van der Waals surface area contributed by atoms with Crippen molar-refractivity contribution in [2.24, 2.45) is 0 Å². The molecule has 2 aromatic rings. The normalized spacial score (nSPS) is 18.6. The number of likely N-dealkylation sites (tertiary alicyclic amines) is 1. The van der Waals surface area contributed by atoms with Crippen LogP contribution in [0.5, 0.6) is 0 Å². The molecule has 1 fully saturated rings. The fourth-order valence-electron chi connectivity index (χ4n) is 3.35. The van der Waals surface area contributed by atoms with E-state index in [0.29, 0.717) is 12.0 Å². The summed E-state index contributed by atoms with van der Waals surface area (Å²) in [7, 11) is 0. The predicted molar refractivity (Wildman–Crippen MR) is 80.7 cm³/mol. The first-order valence-corrected chi connectivity index (χ1v) is 7.52. The molecule has 0 amide bonds. The molecule has 0 saturated carbocycles. The van der Waals surface area contributed by atoms with Gasteiger partial charge in [0.05, 0.1) is 0 Å². The first-order valence-electron chi connectivity index (χ1n) is 7.52. The van der Waals surface area contributed by atoms with Gasteiger partial charge in [-0.2, -0.15) is 23.7 Å². The smallest absolute Gasteiger partial charge is 0 e. The Morgan fingerprint density at radius 2 is 1.70 bits per heavy atom. The van der Waals surface area contributed by atoms with Crippen molar-refractivity contribution >= 4 is 0 Å². The Bertz CT molecular complexity index is 466. The van der Waals surface area contributed by atoms with Gasteiger partial charge in [-0.1, -0.05) is 19.3 Å². The second kappa shape index (κ2) is 7.26. The summed E-state index contributed by atoms with van der Waals surface area (Å²) >= 11 is 0. The molecule has 2 aromatic carbocycles. The van der Waals surface area contributed by atoms with Gasteiger partial charge in [-0.25, -0.2) is 12.1 Å². The molecule has 1 saturated heterocycles. The summed E-state index contributed by atoms with van der Waals surface area (Å²) in [4.78, 5) is 2.68. The topological polar surface area (TPSA) is 3.24 Å². The Morgan fingerprint density at radius 3 is 2.30 bits per heavy atom.